The number of unbranched alkanes of at least 4 members (excludes halogenated alkanes) is 25. The van der Waals surface area contributed by atoms with Crippen molar-refractivity contribution in [2.24, 2.45) is 0 Å². The average molecular weight is 760 g/mol. The summed E-state index contributed by atoms with van der Waals surface area (Å²) in [7, 11) is 1.62. The lowest BCUT2D eigenvalue weighted by atomic mass is 10.0. The van der Waals surface area contributed by atoms with Gasteiger partial charge in [0.25, 0.3) is 0 Å². The molecule has 0 aromatic heterocycles. The third kappa shape index (κ3) is 37.6. The van der Waals surface area contributed by atoms with Gasteiger partial charge in [0.15, 0.2) is 0 Å². The molecular formula is C43H88N2O6P+. The summed E-state index contributed by atoms with van der Waals surface area (Å²) >= 11 is 0. The minimum atomic E-state index is -4.30. The maximum atomic E-state index is 12.8. The van der Waals surface area contributed by atoms with Gasteiger partial charge in [0.1, 0.15) is 13.2 Å². The van der Waals surface area contributed by atoms with E-state index in [1.165, 1.54) is 141 Å². The van der Waals surface area contributed by atoms with Crippen LogP contribution in [0.15, 0.2) is 12.2 Å². The van der Waals surface area contributed by atoms with Gasteiger partial charge in [0.2, 0.25) is 5.91 Å². The molecule has 310 valence electrons. The van der Waals surface area contributed by atoms with Gasteiger partial charge in [-0.05, 0) is 38.5 Å². The Morgan fingerprint density at radius 1 is 0.635 bits per heavy atom. The van der Waals surface area contributed by atoms with E-state index in [-0.39, 0.29) is 19.1 Å². The SMILES string of the molecule is CCCCCCCCCC/C=C\CCCCCCCCCCCCCC(=O)NC(COP(=O)(O)OCC[N+](C)(C)C)C(O)CCCCCCCCC. The van der Waals surface area contributed by atoms with Crippen LogP contribution in [-0.4, -0.2) is 73.4 Å². The van der Waals surface area contributed by atoms with Crippen LogP contribution in [0.2, 0.25) is 0 Å². The van der Waals surface area contributed by atoms with Crippen molar-refractivity contribution in [3.63, 3.8) is 0 Å². The molecule has 0 radical (unpaired) electrons. The molecule has 3 N–H and O–H groups in total. The van der Waals surface area contributed by atoms with Crippen molar-refractivity contribution in [2.45, 2.75) is 219 Å². The molecular weight excluding hydrogens is 671 g/mol. The third-order valence-electron chi connectivity index (χ3n) is 10.0. The van der Waals surface area contributed by atoms with E-state index in [1.54, 1.807) is 0 Å². The monoisotopic (exact) mass is 760 g/mol. The second-order valence-electron chi connectivity index (χ2n) is 16.4. The van der Waals surface area contributed by atoms with E-state index < -0.39 is 20.0 Å². The summed E-state index contributed by atoms with van der Waals surface area (Å²) in [6.45, 7) is 4.84. The number of aliphatic hydroxyl groups excluding tert-OH is 1. The first kappa shape index (κ1) is 51.2. The Hall–Kier alpha value is -0.760. The molecule has 0 aliphatic rings. The van der Waals surface area contributed by atoms with Gasteiger partial charge in [-0.1, -0.05) is 174 Å². The number of nitrogens with zero attached hydrogens (tertiary/aromatic N) is 1. The molecule has 8 nitrogen and oxygen atoms in total. The first-order chi connectivity index (χ1) is 25.0. The van der Waals surface area contributed by atoms with E-state index in [9.17, 15) is 19.4 Å². The Balaban J connectivity index is 4.09. The Morgan fingerprint density at radius 3 is 1.48 bits per heavy atom. The number of phosphoric ester groups is 1. The van der Waals surface area contributed by atoms with Crippen LogP contribution < -0.4 is 5.32 Å². The summed E-state index contributed by atoms with van der Waals surface area (Å²) in [5, 5.41) is 13.8. The maximum absolute atomic E-state index is 12.8. The summed E-state index contributed by atoms with van der Waals surface area (Å²) < 4.78 is 23.5. The lowest BCUT2D eigenvalue weighted by Crippen LogP contribution is -2.46. The second-order valence-corrected chi connectivity index (χ2v) is 17.9. The molecule has 0 aliphatic heterocycles. The normalized spacial score (nSPS) is 14.5. The fourth-order valence-corrected chi connectivity index (χ4v) is 7.19. The number of carbonyl (C=O) groups is 1. The summed E-state index contributed by atoms with van der Waals surface area (Å²) in [6.07, 6.45) is 39.8. The Kier molecular flexibility index (Phi) is 35.4. The van der Waals surface area contributed by atoms with Crippen LogP contribution in [0.4, 0.5) is 0 Å². The molecule has 0 aromatic rings. The van der Waals surface area contributed by atoms with Gasteiger partial charge in [-0.2, -0.15) is 0 Å². The number of aliphatic hydroxyl groups is 1. The minimum Gasteiger partial charge on any atom is -0.391 e. The molecule has 0 aromatic carbocycles. The smallest absolute Gasteiger partial charge is 0.391 e. The number of quaternary nitrogens is 1. The van der Waals surface area contributed by atoms with Crippen LogP contribution in [0.25, 0.3) is 0 Å². The van der Waals surface area contributed by atoms with E-state index in [0.717, 1.165) is 38.5 Å². The molecule has 0 rings (SSSR count). The number of rotatable bonds is 40. The van der Waals surface area contributed by atoms with E-state index in [0.29, 0.717) is 23.9 Å². The number of hydrogen-bond acceptors (Lipinski definition) is 5. The number of allylic oxidation sites excluding steroid dienone is 2. The number of phosphoric acid groups is 1. The first-order valence-electron chi connectivity index (χ1n) is 22.1. The molecule has 0 spiro atoms. The average Bonchev–Trinajstić information content (AvgIpc) is 3.09. The molecule has 0 fully saturated rings. The van der Waals surface area contributed by atoms with Gasteiger partial charge in [0.05, 0.1) is 39.9 Å². The highest BCUT2D eigenvalue weighted by atomic mass is 31.2. The maximum Gasteiger partial charge on any atom is 0.472 e. The van der Waals surface area contributed by atoms with Crippen molar-refractivity contribution >= 4 is 13.7 Å². The van der Waals surface area contributed by atoms with Crippen LogP contribution in [0.1, 0.15) is 206 Å². The van der Waals surface area contributed by atoms with Crippen molar-refractivity contribution in [3.8, 4) is 0 Å². The molecule has 0 bridgehead atoms. The lowest BCUT2D eigenvalue weighted by Gasteiger charge is -2.26. The van der Waals surface area contributed by atoms with Gasteiger partial charge in [-0.25, -0.2) is 4.57 Å². The topological polar surface area (TPSA) is 105 Å². The number of nitrogens with one attached hydrogen (secondary N) is 1. The molecule has 0 heterocycles. The van der Waals surface area contributed by atoms with Gasteiger partial charge < -0.3 is 19.8 Å². The van der Waals surface area contributed by atoms with E-state index >= 15 is 0 Å². The van der Waals surface area contributed by atoms with Crippen LogP contribution >= 0.6 is 7.82 Å². The zero-order chi connectivity index (χ0) is 38.6. The largest absolute Gasteiger partial charge is 0.472 e. The highest BCUT2D eigenvalue weighted by Crippen LogP contribution is 2.43. The molecule has 1 amide bonds. The second kappa shape index (κ2) is 35.9. The number of amides is 1. The van der Waals surface area contributed by atoms with Crippen molar-refractivity contribution in [1.82, 2.24) is 5.32 Å². The van der Waals surface area contributed by atoms with E-state index in [2.05, 4.69) is 31.3 Å². The van der Waals surface area contributed by atoms with Crippen LogP contribution in [0.3, 0.4) is 0 Å². The fourth-order valence-electron chi connectivity index (χ4n) is 6.45. The number of likely N-dealkylation sites (N-methyl/N-ethyl adjacent to an activating group) is 1. The zero-order valence-corrected chi connectivity index (χ0v) is 36.0. The predicted octanol–water partition coefficient (Wildman–Crippen LogP) is 12.0. The third-order valence-corrected chi connectivity index (χ3v) is 11.0. The Bertz CT molecular complexity index is 865. The molecule has 3 unspecified atom stereocenters. The quantitative estimate of drug-likeness (QED) is 0.0249. The van der Waals surface area contributed by atoms with Gasteiger partial charge in [-0.3, -0.25) is 13.8 Å². The predicted molar refractivity (Wildman–Crippen MR) is 222 cm³/mol. The summed E-state index contributed by atoms with van der Waals surface area (Å²) in [5.74, 6) is -0.148. The van der Waals surface area contributed by atoms with Crippen LogP contribution in [0.5, 0.6) is 0 Å². The zero-order valence-electron chi connectivity index (χ0n) is 35.1. The standard InChI is InChI=1S/C43H87N2O6P/c1-6-8-10-12-14-15-16-17-18-19-20-21-22-23-24-25-26-27-28-29-31-33-35-37-43(47)44-41(42(46)36-34-32-30-13-11-9-7-2)40-51-52(48,49)50-39-38-45(3,4)5/h19-20,41-42,46H,6-18,21-40H2,1-5H3,(H-,44,47,48,49)/p+1/b20-19-. The summed E-state index contributed by atoms with van der Waals surface area (Å²) in [6, 6.07) is -0.754. The highest BCUT2D eigenvalue weighted by molar-refractivity contribution is 7.47. The van der Waals surface area contributed by atoms with Crippen LogP contribution in [-0.2, 0) is 18.4 Å². The molecule has 9 heteroatoms. The molecule has 52 heavy (non-hydrogen) atoms. The number of hydrogen-bond donors (Lipinski definition) is 3. The minimum absolute atomic E-state index is 0.0758. The van der Waals surface area contributed by atoms with Gasteiger partial charge >= 0.3 is 7.82 Å². The van der Waals surface area contributed by atoms with Gasteiger partial charge in [0, 0.05) is 6.42 Å². The van der Waals surface area contributed by atoms with Crippen molar-refractivity contribution in [1.29, 1.82) is 0 Å². The van der Waals surface area contributed by atoms with Crippen molar-refractivity contribution in [2.75, 3.05) is 40.9 Å². The number of carbonyl (C=O) groups excluding carboxylic acids is 1. The molecule has 0 aliphatic carbocycles. The Morgan fingerprint density at radius 2 is 1.04 bits per heavy atom. The molecule has 0 saturated carbocycles. The van der Waals surface area contributed by atoms with Crippen molar-refractivity contribution < 1.29 is 32.9 Å². The highest BCUT2D eigenvalue weighted by Gasteiger charge is 2.28. The summed E-state index contributed by atoms with van der Waals surface area (Å²) in [4.78, 5) is 23.0. The van der Waals surface area contributed by atoms with Crippen LogP contribution in [0, 0.1) is 0 Å². The van der Waals surface area contributed by atoms with Crippen molar-refractivity contribution in [3.05, 3.63) is 12.2 Å². The lowest BCUT2D eigenvalue weighted by molar-refractivity contribution is -0.870. The fraction of sp³-hybridized carbons (Fsp3) is 0.930. The van der Waals surface area contributed by atoms with E-state index in [4.69, 9.17) is 9.05 Å². The summed E-state index contributed by atoms with van der Waals surface area (Å²) in [5.41, 5.74) is 0. The molecule has 0 saturated heterocycles. The van der Waals surface area contributed by atoms with Gasteiger partial charge in [-0.15, -0.1) is 0 Å². The Labute approximate surface area is 322 Å². The molecule has 3 atom stereocenters. The van der Waals surface area contributed by atoms with E-state index in [1.807, 2.05) is 21.1 Å². The first-order valence-corrected chi connectivity index (χ1v) is 23.5.